The molecule has 18 heavy (non-hydrogen) atoms. The van der Waals surface area contributed by atoms with E-state index < -0.39 is 0 Å². The van der Waals surface area contributed by atoms with E-state index in [2.05, 4.69) is 61.9 Å². The number of H-pyrrole nitrogens is 1. The number of hydrogen-bond acceptors (Lipinski definition) is 2. The molecule has 2 nitrogen and oxygen atoms in total. The van der Waals surface area contributed by atoms with Crippen LogP contribution in [0, 0.1) is 18.5 Å². The van der Waals surface area contributed by atoms with E-state index in [4.69, 9.17) is 12.2 Å². The van der Waals surface area contributed by atoms with Gasteiger partial charge in [0, 0.05) is 16.8 Å². The second-order valence-electron chi connectivity index (χ2n) is 4.95. The van der Waals surface area contributed by atoms with Crippen LogP contribution in [0.3, 0.4) is 0 Å². The van der Waals surface area contributed by atoms with Crippen LogP contribution >= 0.6 is 12.2 Å². The zero-order valence-electron chi connectivity index (χ0n) is 11.2. The predicted molar refractivity (Wildman–Crippen MR) is 78.4 cm³/mol. The number of aromatic nitrogens is 2. The second kappa shape index (κ2) is 5.02. The lowest BCUT2D eigenvalue weighted by Gasteiger charge is -2.11. The SMILES string of the molecule is Cc1ccc(-c2nc(=S)c(C(C)C)c(C)[nH]2)cc1. The van der Waals surface area contributed by atoms with Crippen LogP contribution in [-0.4, -0.2) is 9.97 Å². The van der Waals surface area contributed by atoms with Crippen molar-refractivity contribution in [2.45, 2.75) is 33.6 Å². The summed E-state index contributed by atoms with van der Waals surface area (Å²) in [5.74, 6) is 1.25. The number of aryl methyl sites for hydroxylation is 2. The van der Waals surface area contributed by atoms with Crippen LogP contribution in [0.25, 0.3) is 11.4 Å². The minimum absolute atomic E-state index is 0.397. The Labute approximate surface area is 113 Å². The second-order valence-corrected chi connectivity index (χ2v) is 5.34. The Morgan fingerprint density at radius 2 is 1.72 bits per heavy atom. The van der Waals surface area contributed by atoms with Gasteiger partial charge in [0.1, 0.15) is 10.5 Å². The first-order chi connectivity index (χ1) is 8.49. The number of rotatable bonds is 2. The first kappa shape index (κ1) is 13.0. The highest BCUT2D eigenvalue weighted by Gasteiger charge is 2.09. The Morgan fingerprint density at radius 1 is 1.11 bits per heavy atom. The molecule has 3 heteroatoms. The lowest BCUT2D eigenvalue weighted by atomic mass is 10.0. The molecule has 0 fully saturated rings. The van der Waals surface area contributed by atoms with Gasteiger partial charge < -0.3 is 4.98 Å². The molecule has 0 atom stereocenters. The van der Waals surface area contributed by atoms with E-state index in [1.165, 1.54) is 5.56 Å². The fourth-order valence-electron chi connectivity index (χ4n) is 2.12. The van der Waals surface area contributed by atoms with Crippen LogP contribution in [0.4, 0.5) is 0 Å². The zero-order valence-corrected chi connectivity index (χ0v) is 12.1. The minimum Gasteiger partial charge on any atom is -0.343 e. The van der Waals surface area contributed by atoms with Crippen molar-refractivity contribution in [1.29, 1.82) is 0 Å². The number of nitrogens with one attached hydrogen (secondary N) is 1. The first-order valence-corrected chi connectivity index (χ1v) is 6.57. The highest BCUT2D eigenvalue weighted by atomic mass is 32.1. The third-order valence-corrected chi connectivity index (χ3v) is 3.37. The number of benzene rings is 1. The van der Waals surface area contributed by atoms with E-state index in [9.17, 15) is 0 Å². The van der Waals surface area contributed by atoms with Crippen molar-refractivity contribution in [1.82, 2.24) is 9.97 Å². The molecule has 2 aromatic rings. The maximum absolute atomic E-state index is 5.40. The third kappa shape index (κ3) is 2.51. The molecular weight excluding hydrogens is 240 g/mol. The summed E-state index contributed by atoms with van der Waals surface area (Å²) in [6.45, 7) is 8.41. The number of hydrogen-bond donors (Lipinski definition) is 1. The van der Waals surface area contributed by atoms with Crippen molar-refractivity contribution in [2.24, 2.45) is 0 Å². The molecule has 0 amide bonds. The quantitative estimate of drug-likeness (QED) is 0.801. The fraction of sp³-hybridized carbons (Fsp3) is 0.333. The third-order valence-electron chi connectivity index (χ3n) is 3.06. The molecule has 2 rings (SSSR count). The van der Waals surface area contributed by atoms with Crippen LogP contribution in [0.15, 0.2) is 24.3 Å². The Morgan fingerprint density at radius 3 is 2.22 bits per heavy atom. The van der Waals surface area contributed by atoms with E-state index in [0.717, 1.165) is 22.6 Å². The van der Waals surface area contributed by atoms with Crippen molar-refractivity contribution in [3.8, 4) is 11.4 Å². The van der Waals surface area contributed by atoms with Gasteiger partial charge in [-0.05, 0) is 19.8 Å². The summed E-state index contributed by atoms with van der Waals surface area (Å²) in [7, 11) is 0. The van der Waals surface area contributed by atoms with Gasteiger partial charge in [0.05, 0.1) is 0 Å². The highest BCUT2D eigenvalue weighted by Crippen LogP contribution is 2.22. The molecule has 0 spiro atoms. The van der Waals surface area contributed by atoms with Crippen molar-refractivity contribution in [3.05, 3.63) is 45.7 Å². The van der Waals surface area contributed by atoms with Crippen molar-refractivity contribution < 1.29 is 0 Å². The van der Waals surface area contributed by atoms with Crippen LogP contribution in [-0.2, 0) is 0 Å². The summed E-state index contributed by atoms with van der Waals surface area (Å²) in [5, 5.41) is 0. The molecule has 1 N–H and O–H groups in total. The van der Waals surface area contributed by atoms with Crippen LogP contribution < -0.4 is 0 Å². The number of aromatic amines is 1. The molecule has 0 aliphatic rings. The van der Waals surface area contributed by atoms with Gasteiger partial charge in [-0.25, -0.2) is 4.98 Å². The maximum Gasteiger partial charge on any atom is 0.139 e. The molecule has 0 saturated heterocycles. The van der Waals surface area contributed by atoms with Crippen molar-refractivity contribution in [2.75, 3.05) is 0 Å². The monoisotopic (exact) mass is 258 g/mol. The molecule has 0 bridgehead atoms. The summed E-state index contributed by atoms with van der Waals surface area (Å²) in [6, 6.07) is 8.30. The lowest BCUT2D eigenvalue weighted by molar-refractivity contribution is 0.825. The Bertz CT molecular complexity index is 609. The molecule has 0 unspecified atom stereocenters. The van der Waals surface area contributed by atoms with Crippen LogP contribution in [0.1, 0.15) is 36.6 Å². The Hall–Kier alpha value is -1.48. The molecule has 1 aromatic carbocycles. The predicted octanol–water partition coefficient (Wildman–Crippen LogP) is 4.55. The average Bonchev–Trinajstić information content (AvgIpc) is 2.28. The average molecular weight is 258 g/mol. The topological polar surface area (TPSA) is 28.7 Å². The largest absolute Gasteiger partial charge is 0.343 e. The van der Waals surface area contributed by atoms with E-state index in [1.807, 2.05) is 0 Å². The van der Waals surface area contributed by atoms with E-state index in [-0.39, 0.29) is 0 Å². The molecular formula is C15H18N2S. The molecule has 0 aliphatic heterocycles. The minimum atomic E-state index is 0.397. The Balaban J connectivity index is 2.55. The highest BCUT2D eigenvalue weighted by molar-refractivity contribution is 7.71. The summed E-state index contributed by atoms with van der Waals surface area (Å²) in [5.41, 5.74) is 4.57. The van der Waals surface area contributed by atoms with Gasteiger partial charge >= 0.3 is 0 Å². The summed E-state index contributed by atoms with van der Waals surface area (Å²) < 4.78 is 0.705. The molecule has 1 aromatic heterocycles. The molecule has 0 aliphatic carbocycles. The summed E-state index contributed by atoms with van der Waals surface area (Å²) in [4.78, 5) is 7.87. The van der Waals surface area contributed by atoms with Crippen molar-refractivity contribution >= 4 is 12.2 Å². The van der Waals surface area contributed by atoms with Crippen LogP contribution in [0.5, 0.6) is 0 Å². The smallest absolute Gasteiger partial charge is 0.139 e. The normalized spacial score (nSPS) is 10.9. The van der Waals surface area contributed by atoms with Gasteiger partial charge in [-0.2, -0.15) is 0 Å². The Kier molecular flexibility index (Phi) is 3.62. The number of nitrogens with zero attached hydrogens (tertiary/aromatic N) is 1. The van der Waals surface area contributed by atoms with E-state index >= 15 is 0 Å². The summed E-state index contributed by atoms with van der Waals surface area (Å²) in [6.07, 6.45) is 0. The molecule has 0 saturated carbocycles. The van der Waals surface area contributed by atoms with Gasteiger partial charge in [0.2, 0.25) is 0 Å². The summed E-state index contributed by atoms with van der Waals surface area (Å²) >= 11 is 5.40. The standard InChI is InChI=1S/C15H18N2S/c1-9(2)13-11(4)16-14(17-15(13)18)12-7-5-10(3)6-8-12/h5-9H,1-4H3,(H,16,17,18). The van der Waals surface area contributed by atoms with Gasteiger partial charge in [-0.1, -0.05) is 55.9 Å². The van der Waals surface area contributed by atoms with Crippen molar-refractivity contribution in [3.63, 3.8) is 0 Å². The van der Waals surface area contributed by atoms with Gasteiger partial charge in [-0.3, -0.25) is 0 Å². The maximum atomic E-state index is 5.40. The van der Waals surface area contributed by atoms with E-state index in [1.54, 1.807) is 0 Å². The fourth-order valence-corrected chi connectivity index (χ4v) is 2.60. The van der Waals surface area contributed by atoms with E-state index in [0.29, 0.717) is 10.6 Å². The molecule has 94 valence electrons. The first-order valence-electron chi connectivity index (χ1n) is 6.17. The lowest BCUT2D eigenvalue weighted by Crippen LogP contribution is -2.01. The molecule has 1 heterocycles. The zero-order chi connectivity index (χ0) is 13.3. The van der Waals surface area contributed by atoms with Gasteiger partial charge in [-0.15, -0.1) is 0 Å². The molecule has 0 radical (unpaired) electrons. The van der Waals surface area contributed by atoms with Crippen LogP contribution in [0.2, 0.25) is 0 Å². The van der Waals surface area contributed by atoms with Gasteiger partial charge in [0.25, 0.3) is 0 Å². The van der Waals surface area contributed by atoms with Gasteiger partial charge in [0.15, 0.2) is 0 Å².